The molecule has 0 spiro atoms. The highest BCUT2D eigenvalue weighted by Crippen LogP contribution is 2.65. The molecule has 282 valence electrons. The summed E-state index contributed by atoms with van der Waals surface area (Å²) in [6, 6.07) is 5.63. The number of terminal acetylenes is 1. The number of hydrogen-bond donors (Lipinski definition) is 3. The molecule has 0 saturated heterocycles. The normalized spacial score (nSPS) is 29.1. The molecule has 0 amide bonds. The Morgan fingerprint density at radius 1 is 0.920 bits per heavy atom. The molecule has 0 aromatic heterocycles. The lowest BCUT2D eigenvalue weighted by Crippen LogP contribution is -2.60. The summed E-state index contributed by atoms with van der Waals surface area (Å²) in [6.07, 6.45) is 4.86. The van der Waals surface area contributed by atoms with Gasteiger partial charge in [-0.05, 0) is 105 Å². The van der Waals surface area contributed by atoms with Crippen LogP contribution in [0.4, 0.5) is 39.5 Å². The van der Waals surface area contributed by atoms with E-state index in [9.17, 15) is 59.6 Å². The Kier molecular flexibility index (Phi) is 11.9. The van der Waals surface area contributed by atoms with Gasteiger partial charge in [0.15, 0.2) is 0 Å². The van der Waals surface area contributed by atoms with Gasteiger partial charge in [-0.1, -0.05) is 57.4 Å². The smallest absolute Gasteiger partial charge is 0.460 e. The summed E-state index contributed by atoms with van der Waals surface area (Å²) in [4.78, 5) is 11.6. The van der Waals surface area contributed by atoms with Gasteiger partial charge < -0.3 is 15.3 Å². The Bertz CT molecular complexity index is 1390. The zero-order valence-electron chi connectivity index (χ0n) is 28.2. The molecular weight excluding hydrogens is 679 g/mol. The van der Waals surface area contributed by atoms with Crippen molar-refractivity contribution in [2.75, 3.05) is 0 Å². The molecule has 2 fully saturated rings. The van der Waals surface area contributed by atoms with Crippen LogP contribution in [0.1, 0.15) is 120 Å². The predicted molar refractivity (Wildman–Crippen MR) is 168 cm³/mol. The van der Waals surface area contributed by atoms with Crippen LogP contribution >= 0.6 is 0 Å². The first-order valence-electron chi connectivity index (χ1n) is 17.6. The van der Waals surface area contributed by atoms with Crippen molar-refractivity contribution in [3.63, 3.8) is 0 Å². The molecule has 0 heterocycles. The number of aliphatic hydroxyl groups is 1. The summed E-state index contributed by atoms with van der Waals surface area (Å²) in [5.74, 6) is -17.7. The third kappa shape index (κ3) is 7.47. The number of aliphatic carboxylic acids is 1. The molecule has 2 saturated carbocycles. The van der Waals surface area contributed by atoms with Gasteiger partial charge in [-0.2, -0.15) is 39.5 Å². The minimum Gasteiger partial charge on any atom is -0.508 e. The summed E-state index contributed by atoms with van der Waals surface area (Å²) >= 11 is 0. The van der Waals surface area contributed by atoms with E-state index in [1.54, 1.807) is 6.07 Å². The maximum Gasteiger partial charge on any atom is 0.460 e. The van der Waals surface area contributed by atoms with Crippen LogP contribution in [0.3, 0.4) is 0 Å². The van der Waals surface area contributed by atoms with Gasteiger partial charge in [-0.3, -0.25) is 4.79 Å². The SMILES string of the molecule is C#CC1(O)CCC2C3C(CCCCCCCCC(CCCC(F)(F)C(F)(F)C(F)(F)C(F)(F)F)C(=O)O)Cc4cc(O)ccc4C3CCC21C. The van der Waals surface area contributed by atoms with Gasteiger partial charge in [0.2, 0.25) is 0 Å². The molecule has 1 aromatic carbocycles. The van der Waals surface area contributed by atoms with Gasteiger partial charge >= 0.3 is 29.9 Å². The lowest BCUT2D eigenvalue weighted by molar-refractivity contribution is -0.396. The Morgan fingerprint density at radius 3 is 2.16 bits per heavy atom. The number of aromatic hydroxyl groups is 1. The van der Waals surface area contributed by atoms with E-state index >= 15 is 0 Å². The first-order valence-corrected chi connectivity index (χ1v) is 17.6. The summed E-state index contributed by atoms with van der Waals surface area (Å²) in [5, 5.41) is 31.0. The van der Waals surface area contributed by atoms with Gasteiger partial charge in [-0.25, -0.2) is 0 Å². The molecule has 4 rings (SSSR count). The monoisotopic (exact) mass is 726 g/mol. The van der Waals surface area contributed by atoms with Crippen LogP contribution in [-0.2, 0) is 11.2 Å². The summed E-state index contributed by atoms with van der Waals surface area (Å²) in [5.41, 5.74) is 0.944. The number of carbonyl (C=O) groups is 1. The zero-order valence-corrected chi connectivity index (χ0v) is 28.2. The van der Waals surface area contributed by atoms with Gasteiger partial charge in [-0.15, -0.1) is 6.42 Å². The van der Waals surface area contributed by atoms with Crippen molar-refractivity contribution in [2.45, 2.75) is 145 Å². The second-order valence-corrected chi connectivity index (χ2v) is 15.1. The number of phenolic OH excluding ortho intramolecular Hbond substituents is 1. The number of benzene rings is 1. The molecule has 0 aliphatic heterocycles. The summed E-state index contributed by atoms with van der Waals surface area (Å²) < 4.78 is 118. The van der Waals surface area contributed by atoms with Crippen molar-refractivity contribution in [2.24, 2.45) is 29.1 Å². The number of phenols is 1. The molecule has 3 N–H and O–H groups in total. The molecule has 7 atom stereocenters. The molecule has 7 unspecified atom stereocenters. The fourth-order valence-corrected chi connectivity index (χ4v) is 9.34. The second-order valence-electron chi connectivity index (χ2n) is 15.1. The number of alkyl halides is 9. The van der Waals surface area contributed by atoms with Crippen LogP contribution in [0.25, 0.3) is 0 Å². The second kappa shape index (κ2) is 14.8. The Labute approximate surface area is 287 Å². The number of carboxylic acid groups (broad SMARTS) is 1. The van der Waals surface area contributed by atoms with Crippen molar-refractivity contribution >= 4 is 5.97 Å². The molecule has 3 aliphatic rings. The van der Waals surface area contributed by atoms with Crippen molar-refractivity contribution < 1.29 is 59.6 Å². The fraction of sp³-hybridized carbons (Fsp3) is 0.757. The van der Waals surface area contributed by atoms with Gasteiger partial charge in [0, 0.05) is 11.8 Å². The Morgan fingerprint density at radius 2 is 1.54 bits per heavy atom. The van der Waals surface area contributed by atoms with Crippen LogP contribution in [0.15, 0.2) is 18.2 Å². The van der Waals surface area contributed by atoms with E-state index in [0.29, 0.717) is 37.0 Å². The third-order valence-corrected chi connectivity index (χ3v) is 12.3. The summed E-state index contributed by atoms with van der Waals surface area (Å²) in [7, 11) is 0. The minimum atomic E-state index is -6.95. The predicted octanol–water partition coefficient (Wildman–Crippen LogP) is 10.3. The molecule has 3 aliphatic carbocycles. The van der Waals surface area contributed by atoms with Crippen molar-refractivity contribution in [1.29, 1.82) is 0 Å². The highest BCUT2D eigenvalue weighted by atomic mass is 19.4. The van der Waals surface area contributed by atoms with Crippen molar-refractivity contribution in [1.82, 2.24) is 0 Å². The average molecular weight is 727 g/mol. The topological polar surface area (TPSA) is 77.8 Å². The van der Waals surface area contributed by atoms with Gasteiger partial charge in [0.05, 0.1) is 5.92 Å². The molecular formula is C37H47F9O4. The number of fused-ring (bicyclic) bond motifs is 5. The van der Waals surface area contributed by atoms with Crippen LogP contribution in [0.2, 0.25) is 0 Å². The van der Waals surface area contributed by atoms with E-state index in [1.165, 1.54) is 5.56 Å². The van der Waals surface area contributed by atoms with Crippen LogP contribution in [-0.4, -0.2) is 50.8 Å². The largest absolute Gasteiger partial charge is 0.508 e. The minimum absolute atomic E-state index is 0.0254. The Balaban J connectivity index is 1.23. The van der Waals surface area contributed by atoms with Crippen LogP contribution in [0, 0.1) is 41.4 Å². The first-order chi connectivity index (χ1) is 23.1. The van der Waals surface area contributed by atoms with Gasteiger partial charge in [0.1, 0.15) is 11.4 Å². The molecule has 1 aromatic rings. The highest BCUT2D eigenvalue weighted by Gasteiger charge is 2.81. The first kappa shape index (κ1) is 40.2. The van der Waals surface area contributed by atoms with E-state index in [2.05, 4.69) is 12.8 Å². The molecule has 50 heavy (non-hydrogen) atoms. The number of rotatable bonds is 16. The average Bonchev–Trinajstić information content (AvgIpc) is 3.30. The van der Waals surface area contributed by atoms with E-state index in [4.69, 9.17) is 6.42 Å². The molecule has 4 nitrogen and oxygen atoms in total. The number of carboxylic acids is 1. The number of halogens is 9. The maximum absolute atomic E-state index is 13.8. The van der Waals surface area contributed by atoms with E-state index in [0.717, 1.165) is 63.4 Å². The fourth-order valence-electron chi connectivity index (χ4n) is 9.34. The van der Waals surface area contributed by atoms with Gasteiger partial charge in [0.25, 0.3) is 0 Å². The zero-order chi connectivity index (χ0) is 37.3. The number of unbranched alkanes of at least 4 members (excludes halogenated alkanes) is 5. The van der Waals surface area contributed by atoms with Crippen LogP contribution < -0.4 is 0 Å². The molecule has 0 radical (unpaired) electrons. The van der Waals surface area contributed by atoms with E-state index in [1.807, 2.05) is 12.1 Å². The van der Waals surface area contributed by atoms with Crippen LogP contribution in [0.5, 0.6) is 5.75 Å². The highest BCUT2D eigenvalue weighted by molar-refractivity contribution is 5.69. The Hall–Kier alpha value is -2.62. The van der Waals surface area contributed by atoms with E-state index < -0.39 is 60.7 Å². The van der Waals surface area contributed by atoms with E-state index in [-0.39, 0.29) is 23.5 Å². The summed E-state index contributed by atoms with van der Waals surface area (Å²) in [6.45, 7) is 2.13. The number of hydrogen-bond acceptors (Lipinski definition) is 3. The van der Waals surface area contributed by atoms with Crippen molar-refractivity contribution in [3.05, 3.63) is 29.3 Å². The lowest BCUT2D eigenvalue weighted by atomic mass is 9.50. The standard InChI is InChI=1S/C37H47F9O4/c1-3-33(50)20-17-29-30-24(21-25-22-26(47)14-15-27(25)28(30)16-19-32(29,33)2)12-9-7-5-4-6-8-11-23(31(48)49)13-10-18-34(38,39)35(40,41)36(42,43)37(44,45)46/h1,14-15,22-24,28-30,47,50H,4-13,16-21H2,2H3,(H,48,49). The maximum atomic E-state index is 13.8. The molecule has 0 bridgehead atoms. The lowest BCUT2D eigenvalue weighted by Gasteiger charge is -2.54. The molecule has 13 heteroatoms. The quantitative estimate of drug-likeness (QED) is 0.0901. The third-order valence-electron chi connectivity index (χ3n) is 12.3. The van der Waals surface area contributed by atoms with Crippen molar-refractivity contribution in [3.8, 4) is 18.1 Å².